The lowest BCUT2D eigenvalue weighted by Gasteiger charge is -2.24. The SMILES string of the molecule is CCC(C)(C)NS(=O)(=O)c1cccc(C#CCO)c1. The number of aliphatic hydroxyl groups excluding tert-OH is 1. The predicted octanol–water partition coefficient (Wildman–Crippen LogP) is 1.50. The van der Waals surface area contributed by atoms with Crippen LogP contribution in [0.25, 0.3) is 0 Å². The minimum atomic E-state index is -3.56. The topological polar surface area (TPSA) is 66.4 Å². The van der Waals surface area contributed by atoms with Crippen LogP contribution in [0.1, 0.15) is 32.8 Å². The van der Waals surface area contributed by atoms with E-state index >= 15 is 0 Å². The van der Waals surface area contributed by atoms with Crippen molar-refractivity contribution in [3.8, 4) is 11.8 Å². The van der Waals surface area contributed by atoms with E-state index in [1.165, 1.54) is 12.1 Å². The van der Waals surface area contributed by atoms with E-state index in [1.54, 1.807) is 12.1 Å². The van der Waals surface area contributed by atoms with Gasteiger partial charge in [-0.3, -0.25) is 0 Å². The molecule has 5 heteroatoms. The Labute approximate surface area is 114 Å². The van der Waals surface area contributed by atoms with E-state index in [0.29, 0.717) is 12.0 Å². The maximum Gasteiger partial charge on any atom is 0.241 e. The lowest BCUT2D eigenvalue weighted by Crippen LogP contribution is -2.42. The van der Waals surface area contributed by atoms with Gasteiger partial charge in [0.25, 0.3) is 0 Å². The summed E-state index contributed by atoms with van der Waals surface area (Å²) >= 11 is 0. The fraction of sp³-hybridized carbons (Fsp3) is 0.429. The summed E-state index contributed by atoms with van der Waals surface area (Å²) < 4.78 is 27.1. The van der Waals surface area contributed by atoms with Crippen molar-refractivity contribution in [1.29, 1.82) is 0 Å². The van der Waals surface area contributed by atoms with Crippen LogP contribution in [0.5, 0.6) is 0 Å². The van der Waals surface area contributed by atoms with Crippen molar-refractivity contribution in [2.75, 3.05) is 6.61 Å². The van der Waals surface area contributed by atoms with Crippen molar-refractivity contribution >= 4 is 10.0 Å². The molecule has 0 heterocycles. The third-order valence-corrected chi connectivity index (χ3v) is 4.45. The van der Waals surface area contributed by atoms with Gasteiger partial charge in [0.05, 0.1) is 4.90 Å². The summed E-state index contributed by atoms with van der Waals surface area (Å²) in [7, 11) is -3.56. The van der Waals surface area contributed by atoms with Crippen LogP contribution in [0.15, 0.2) is 29.2 Å². The van der Waals surface area contributed by atoms with E-state index in [-0.39, 0.29) is 11.5 Å². The van der Waals surface area contributed by atoms with Gasteiger partial charge >= 0.3 is 0 Å². The Bertz CT molecular complexity index is 595. The molecule has 0 aliphatic rings. The lowest BCUT2D eigenvalue weighted by atomic mass is 10.0. The standard InChI is InChI=1S/C14H19NO3S/c1-4-14(2,3)15-19(17,18)13-9-5-7-12(11-13)8-6-10-16/h5,7,9,11,15-16H,4,10H2,1-3H3. The second-order valence-electron chi connectivity index (χ2n) is 4.83. The van der Waals surface area contributed by atoms with Crippen molar-refractivity contribution in [2.24, 2.45) is 0 Å². The largest absolute Gasteiger partial charge is 0.384 e. The molecule has 104 valence electrons. The Morgan fingerprint density at radius 3 is 2.63 bits per heavy atom. The zero-order valence-corrected chi connectivity index (χ0v) is 12.2. The molecule has 0 saturated heterocycles. The molecule has 1 rings (SSSR count). The first kappa shape index (κ1) is 15.7. The Balaban J connectivity index is 3.09. The molecule has 1 aromatic rings. The summed E-state index contributed by atoms with van der Waals surface area (Å²) in [6, 6.07) is 6.36. The van der Waals surface area contributed by atoms with E-state index in [2.05, 4.69) is 16.6 Å². The molecule has 0 amide bonds. The van der Waals surface area contributed by atoms with E-state index in [4.69, 9.17) is 5.11 Å². The third kappa shape index (κ3) is 4.67. The molecule has 4 nitrogen and oxygen atoms in total. The van der Waals surface area contributed by atoms with Crippen LogP contribution in [-0.2, 0) is 10.0 Å². The maximum atomic E-state index is 12.2. The van der Waals surface area contributed by atoms with Crippen LogP contribution in [-0.4, -0.2) is 25.7 Å². The predicted molar refractivity (Wildman–Crippen MR) is 75.1 cm³/mol. The third-order valence-electron chi connectivity index (χ3n) is 2.75. The average molecular weight is 281 g/mol. The molecule has 0 bridgehead atoms. The van der Waals surface area contributed by atoms with E-state index in [1.807, 2.05) is 20.8 Å². The Hall–Kier alpha value is -1.35. The molecule has 0 unspecified atom stereocenters. The molecule has 0 atom stereocenters. The molecular weight excluding hydrogens is 262 g/mol. The molecule has 19 heavy (non-hydrogen) atoms. The molecule has 0 fully saturated rings. The Morgan fingerprint density at radius 2 is 2.05 bits per heavy atom. The van der Waals surface area contributed by atoms with Gasteiger partial charge in [-0.25, -0.2) is 13.1 Å². The van der Waals surface area contributed by atoms with Crippen LogP contribution >= 0.6 is 0 Å². The molecule has 0 aliphatic heterocycles. The van der Waals surface area contributed by atoms with E-state index < -0.39 is 15.6 Å². The van der Waals surface area contributed by atoms with Crippen LogP contribution in [0.4, 0.5) is 0 Å². The van der Waals surface area contributed by atoms with Crippen LogP contribution in [0.3, 0.4) is 0 Å². The lowest BCUT2D eigenvalue weighted by molar-refractivity contribution is 0.350. The minimum absolute atomic E-state index is 0.179. The molecular formula is C14H19NO3S. The van der Waals surface area contributed by atoms with E-state index in [0.717, 1.165) is 0 Å². The van der Waals surface area contributed by atoms with Gasteiger partial charge in [-0.15, -0.1) is 0 Å². The summed E-state index contributed by atoms with van der Waals surface area (Å²) in [6.45, 7) is 5.34. The van der Waals surface area contributed by atoms with Crippen molar-refractivity contribution < 1.29 is 13.5 Å². The van der Waals surface area contributed by atoms with Crippen LogP contribution < -0.4 is 4.72 Å². The Kier molecular flexibility index (Phi) is 5.12. The maximum absolute atomic E-state index is 12.2. The first-order valence-electron chi connectivity index (χ1n) is 6.04. The fourth-order valence-electron chi connectivity index (χ4n) is 1.38. The van der Waals surface area contributed by atoms with Crippen LogP contribution in [0.2, 0.25) is 0 Å². The number of aliphatic hydroxyl groups is 1. The van der Waals surface area contributed by atoms with Crippen molar-refractivity contribution in [3.63, 3.8) is 0 Å². The summed E-state index contributed by atoms with van der Waals surface area (Å²) in [6.07, 6.45) is 0.691. The molecule has 0 saturated carbocycles. The van der Waals surface area contributed by atoms with Gasteiger partial charge < -0.3 is 5.11 Å². The number of nitrogens with one attached hydrogen (secondary N) is 1. The quantitative estimate of drug-likeness (QED) is 0.822. The average Bonchev–Trinajstić information content (AvgIpc) is 2.35. The zero-order chi connectivity index (χ0) is 14.5. The highest BCUT2D eigenvalue weighted by molar-refractivity contribution is 7.89. The van der Waals surface area contributed by atoms with Gasteiger partial charge in [-0.1, -0.05) is 24.8 Å². The van der Waals surface area contributed by atoms with Gasteiger partial charge in [-0.2, -0.15) is 0 Å². The summed E-state index contributed by atoms with van der Waals surface area (Å²) in [4.78, 5) is 0.179. The fourth-order valence-corrected chi connectivity index (χ4v) is 2.91. The first-order chi connectivity index (χ1) is 8.80. The normalized spacial score (nSPS) is 11.8. The Morgan fingerprint density at radius 1 is 1.37 bits per heavy atom. The second kappa shape index (κ2) is 6.20. The summed E-state index contributed by atoms with van der Waals surface area (Å²) in [5, 5.41) is 8.64. The molecule has 0 aliphatic carbocycles. The van der Waals surface area contributed by atoms with Crippen molar-refractivity contribution in [3.05, 3.63) is 29.8 Å². The van der Waals surface area contributed by atoms with Gasteiger partial charge in [-0.05, 0) is 38.5 Å². The summed E-state index contributed by atoms with van der Waals surface area (Å²) in [5.41, 5.74) is 0.0669. The smallest absolute Gasteiger partial charge is 0.241 e. The van der Waals surface area contributed by atoms with Gasteiger partial charge in [0.15, 0.2) is 0 Å². The number of hydrogen-bond donors (Lipinski definition) is 2. The van der Waals surface area contributed by atoms with Gasteiger partial charge in [0, 0.05) is 11.1 Å². The molecule has 1 aromatic carbocycles. The first-order valence-corrected chi connectivity index (χ1v) is 7.53. The molecule has 0 radical (unpaired) electrons. The number of hydrogen-bond acceptors (Lipinski definition) is 3. The molecule has 2 N–H and O–H groups in total. The highest BCUT2D eigenvalue weighted by atomic mass is 32.2. The van der Waals surface area contributed by atoms with Gasteiger partial charge in [0.1, 0.15) is 6.61 Å². The zero-order valence-electron chi connectivity index (χ0n) is 11.4. The van der Waals surface area contributed by atoms with Crippen LogP contribution in [0, 0.1) is 11.8 Å². The van der Waals surface area contributed by atoms with Gasteiger partial charge in [0.2, 0.25) is 10.0 Å². The summed E-state index contributed by atoms with van der Waals surface area (Å²) in [5.74, 6) is 5.18. The minimum Gasteiger partial charge on any atom is -0.384 e. The van der Waals surface area contributed by atoms with E-state index in [9.17, 15) is 8.42 Å². The number of rotatable bonds is 4. The monoisotopic (exact) mass is 281 g/mol. The molecule has 0 spiro atoms. The van der Waals surface area contributed by atoms with Crippen molar-refractivity contribution in [2.45, 2.75) is 37.6 Å². The highest BCUT2D eigenvalue weighted by Crippen LogP contribution is 2.16. The second-order valence-corrected chi connectivity index (χ2v) is 6.51. The number of benzene rings is 1. The highest BCUT2D eigenvalue weighted by Gasteiger charge is 2.24. The van der Waals surface area contributed by atoms with Crippen molar-refractivity contribution in [1.82, 2.24) is 4.72 Å². The molecule has 0 aromatic heterocycles. The number of sulfonamides is 1.